The Morgan fingerprint density at radius 2 is 1.70 bits per heavy atom. The van der Waals surface area contributed by atoms with Crippen molar-refractivity contribution < 1.29 is 4.79 Å². The molecule has 0 saturated carbocycles. The van der Waals surface area contributed by atoms with Crippen LogP contribution >= 0.6 is 23.2 Å². The van der Waals surface area contributed by atoms with Gasteiger partial charge in [0.2, 0.25) is 0 Å². The van der Waals surface area contributed by atoms with E-state index in [2.05, 4.69) is 40.7 Å². The molecule has 0 spiro atoms. The maximum absolute atomic E-state index is 14.2. The number of imidazole rings is 1. The maximum atomic E-state index is 14.2. The van der Waals surface area contributed by atoms with Crippen molar-refractivity contribution in [2.24, 2.45) is 5.92 Å². The second kappa shape index (κ2) is 11.7. The van der Waals surface area contributed by atoms with Crippen molar-refractivity contribution in [1.82, 2.24) is 24.3 Å². The lowest BCUT2D eigenvalue weighted by molar-refractivity contribution is 0.102. The Morgan fingerprint density at radius 3 is 2.42 bits per heavy atom. The highest BCUT2D eigenvalue weighted by molar-refractivity contribution is 6.31. The van der Waals surface area contributed by atoms with Gasteiger partial charge in [0.15, 0.2) is 0 Å². The molecule has 1 amide bonds. The van der Waals surface area contributed by atoms with Gasteiger partial charge in [-0.05, 0) is 49.6 Å². The number of aryl methyl sites for hydroxylation is 1. The smallest absolute Gasteiger partial charge is 0.273 e. The van der Waals surface area contributed by atoms with Crippen LogP contribution < -0.4 is 5.32 Å². The largest absolute Gasteiger partial charge is 0.350 e. The normalized spacial score (nSPS) is 12.3. The Kier molecular flexibility index (Phi) is 7.86. The SMILES string of the molecule is Cc1cnn(CC(C)C)c1NC(=O)c1[nH]c2cc(Cl)ccc2c1-c1c(-c2ccccc2)ncn1C(C)c1ccc(Cl)cc1. The maximum Gasteiger partial charge on any atom is 0.273 e. The average Bonchev–Trinajstić information content (AvgIpc) is 3.68. The lowest BCUT2D eigenvalue weighted by atomic mass is 9.99. The summed E-state index contributed by atoms with van der Waals surface area (Å²) in [4.78, 5) is 22.6. The summed E-state index contributed by atoms with van der Waals surface area (Å²) in [5.74, 6) is 0.757. The summed E-state index contributed by atoms with van der Waals surface area (Å²) in [6, 6.07) is 23.3. The Labute approximate surface area is 260 Å². The zero-order chi connectivity index (χ0) is 30.2. The van der Waals surface area contributed by atoms with Gasteiger partial charge in [-0.1, -0.05) is 85.6 Å². The van der Waals surface area contributed by atoms with Gasteiger partial charge in [-0.25, -0.2) is 9.67 Å². The molecule has 0 aliphatic carbocycles. The van der Waals surface area contributed by atoms with Crippen molar-refractivity contribution in [2.75, 3.05) is 5.32 Å². The molecule has 3 aromatic carbocycles. The highest BCUT2D eigenvalue weighted by atomic mass is 35.5. The van der Waals surface area contributed by atoms with E-state index in [9.17, 15) is 4.79 Å². The predicted octanol–water partition coefficient (Wildman–Crippen LogP) is 9.03. The average molecular weight is 612 g/mol. The van der Waals surface area contributed by atoms with Crippen LogP contribution in [0.1, 0.15) is 48.4 Å². The number of rotatable bonds is 8. The molecule has 0 saturated heterocycles. The molecular weight excluding hydrogens is 579 g/mol. The summed E-state index contributed by atoms with van der Waals surface area (Å²) >= 11 is 12.6. The number of halogens is 2. The standard InChI is InChI=1S/C34H32Cl2N6O/c1-20(2)18-42-33(21(3)17-38-42)40-34(43)31-29(27-15-14-26(36)16-28(27)39-31)32-30(24-8-6-5-7-9-24)37-19-41(32)22(4)23-10-12-25(35)13-11-23/h5-17,19-20,22,39H,18H2,1-4H3,(H,40,43). The predicted molar refractivity (Wildman–Crippen MR) is 175 cm³/mol. The van der Waals surface area contributed by atoms with Gasteiger partial charge in [-0.3, -0.25) is 4.79 Å². The number of nitrogens with zero attached hydrogens (tertiary/aromatic N) is 4. The van der Waals surface area contributed by atoms with Gasteiger partial charge in [0, 0.05) is 44.2 Å². The molecule has 6 rings (SSSR count). The number of aromatic nitrogens is 5. The van der Waals surface area contributed by atoms with E-state index < -0.39 is 0 Å². The molecule has 0 fully saturated rings. The highest BCUT2D eigenvalue weighted by Gasteiger charge is 2.28. The minimum absolute atomic E-state index is 0.111. The lowest BCUT2D eigenvalue weighted by Crippen LogP contribution is -2.19. The Bertz CT molecular complexity index is 1920. The first-order chi connectivity index (χ1) is 20.7. The third-order valence-electron chi connectivity index (χ3n) is 7.63. The third kappa shape index (κ3) is 5.58. The molecule has 43 heavy (non-hydrogen) atoms. The Balaban J connectivity index is 1.57. The lowest BCUT2D eigenvalue weighted by Gasteiger charge is -2.19. The second-order valence-corrected chi connectivity index (χ2v) is 12.1. The number of hydrogen-bond acceptors (Lipinski definition) is 3. The van der Waals surface area contributed by atoms with Crippen LogP contribution in [0.25, 0.3) is 33.4 Å². The van der Waals surface area contributed by atoms with Gasteiger partial charge in [0.05, 0.1) is 30.0 Å². The van der Waals surface area contributed by atoms with Gasteiger partial charge in [0.25, 0.3) is 5.91 Å². The van der Waals surface area contributed by atoms with Crippen molar-refractivity contribution in [1.29, 1.82) is 0 Å². The van der Waals surface area contributed by atoms with E-state index in [-0.39, 0.29) is 11.9 Å². The molecular formula is C34H32Cl2N6O. The summed E-state index contributed by atoms with van der Waals surface area (Å²) < 4.78 is 3.97. The summed E-state index contributed by atoms with van der Waals surface area (Å²) in [6.07, 6.45) is 3.62. The van der Waals surface area contributed by atoms with Crippen LogP contribution in [0.15, 0.2) is 85.3 Å². The fourth-order valence-corrected chi connectivity index (χ4v) is 5.79. The molecule has 1 unspecified atom stereocenters. The van der Waals surface area contributed by atoms with Crippen LogP contribution in [-0.2, 0) is 6.54 Å². The van der Waals surface area contributed by atoms with Crippen LogP contribution in [0.5, 0.6) is 0 Å². The fourth-order valence-electron chi connectivity index (χ4n) is 5.49. The molecule has 3 heterocycles. The third-order valence-corrected chi connectivity index (χ3v) is 8.11. The van der Waals surface area contributed by atoms with E-state index in [0.29, 0.717) is 34.0 Å². The van der Waals surface area contributed by atoms with E-state index >= 15 is 0 Å². The number of carbonyl (C=O) groups excluding carboxylic acids is 1. The van der Waals surface area contributed by atoms with E-state index in [1.54, 1.807) is 6.20 Å². The highest BCUT2D eigenvalue weighted by Crippen LogP contribution is 2.41. The molecule has 3 aromatic heterocycles. The molecule has 6 aromatic rings. The number of aromatic amines is 1. The number of H-pyrrole nitrogens is 1. The van der Waals surface area contributed by atoms with Crippen molar-refractivity contribution in [3.63, 3.8) is 0 Å². The van der Waals surface area contributed by atoms with Crippen LogP contribution in [0, 0.1) is 12.8 Å². The quantitative estimate of drug-likeness (QED) is 0.180. The minimum atomic E-state index is -0.276. The second-order valence-electron chi connectivity index (χ2n) is 11.2. The molecule has 0 bridgehead atoms. The van der Waals surface area contributed by atoms with E-state index in [0.717, 1.165) is 44.5 Å². The molecule has 2 N–H and O–H groups in total. The monoisotopic (exact) mass is 610 g/mol. The van der Waals surface area contributed by atoms with Crippen LogP contribution in [-0.4, -0.2) is 30.2 Å². The fraction of sp³-hybridized carbons (Fsp3) is 0.206. The zero-order valence-electron chi connectivity index (χ0n) is 24.4. The number of hydrogen-bond donors (Lipinski definition) is 2. The van der Waals surface area contributed by atoms with E-state index in [4.69, 9.17) is 28.2 Å². The molecule has 9 heteroatoms. The van der Waals surface area contributed by atoms with E-state index in [1.807, 2.05) is 90.7 Å². The van der Waals surface area contributed by atoms with Crippen LogP contribution in [0.2, 0.25) is 10.0 Å². The molecule has 1 atom stereocenters. The van der Waals surface area contributed by atoms with Crippen molar-refractivity contribution in [3.8, 4) is 22.5 Å². The zero-order valence-corrected chi connectivity index (χ0v) is 25.9. The number of carbonyl (C=O) groups is 1. The first-order valence-electron chi connectivity index (χ1n) is 14.2. The minimum Gasteiger partial charge on any atom is -0.350 e. The number of benzene rings is 3. The first-order valence-corrected chi connectivity index (χ1v) is 15.0. The van der Waals surface area contributed by atoms with Gasteiger partial charge in [-0.15, -0.1) is 0 Å². The van der Waals surface area contributed by atoms with Crippen molar-refractivity contribution in [2.45, 2.75) is 40.3 Å². The molecule has 218 valence electrons. The van der Waals surface area contributed by atoms with Crippen LogP contribution in [0.4, 0.5) is 5.82 Å². The number of nitrogens with one attached hydrogen (secondary N) is 2. The van der Waals surface area contributed by atoms with Crippen molar-refractivity contribution >= 4 is 45.8 Å². The summed E-state index contributed by atoms with van der Waals surface area (Å²) in [5, 5.41) is 9.78. The summed E-state index contributed by atoms with van der Waals surface area (Å²) in [6.45, 7) is 8.99. The molecule has 0 radical (unpaired) electrons. The van der Waals surface area contributed by atoms with E-state index in [1.165, 1.54) is 0 Å². The van der Waals surface area contributed by atoms with Gasteiger partial charge in [0.1, 0.15) is 11.5 Å². The topological polar surface area (TPSA) is 80.5 Å². The summed E-state index contributed by atoms with van der Waals surface area (Å²) in [5.41, 5.74) is 6.40. The van der Waals surface area contributed by atoms with Crippen molar-refractivity contribution in [3.05, 3.63) is 112 Å². The Morgan fingerprint density at radius 1 is 0.977 bits per heavy atom. The summed E-state index contributed by atoms with van der Waals surface area (Å²) in [7, 11) is 0. The Hall–Kier alpha value is -4.33. The number of fused-ring (bicyclic) bond motifs is 1. The molecule has 0 aliphatic rings. The number of anilines is 1. The van der Waals surface area contributed by atoms with Gasteiger partial charge in [-0.2, -0.15) is 5.10 Å². The number of amides is 1. The first kappa shape index (κ1) is 28.8. The van der Waals surface area contributed by atoms with Crippen LogP contribution in [0.3, 0.4) is 0 Å². The molecule has 0 aliphatic heterocycles. The molecule has 7 nitrogen and oxygen atoms in total. The van der Waals surface area contributed by atoms with Gasteiger partial charge < -0.3 is 14.9 Å². The van der Waals surface area contributed by atoms with Gasteiger partial charge >= 0.3 is 0 Å².